The summed E-state index contributed by atoms with van der Waals surface area (Å²) in [7, 11) is 1.58. The van der Waals surface area contributed by atoms with E-state index in [-0.39, 0.29) is 17.8 Å². The van der Waals surface area contributed by atoms with Gasteiger partial charge in [-0.2, -0.15) is 0 Å². The van der Waals surface area contributed by atoms with Gasteiger partial charge < -0.3 is 5.32 Å². The molecular formula is C25H26N4O3. The quantitative estimate of drug-likeness (QED) is 0.526. The predicted octanol–water partition coefficient (Wildman–Crippen LogP) is 3.49. The maximum absolute atomic E-state index is 13.5. The number of rotatable bonds is 5. The van der Waals surface area contributed by atoms with Crippen LogP contribution in [0.15, 0.2) is 69.0 Å². The lowest BCUT2D eigenvalue weighted by atomic mass is 10.1. The van der Waals surface area contributed by atoms with Crippen molar-refractivity contribution in [1.82, 2.24) is 13.7 Å². The smallest absolute Gasteiger partial charge is 0.337 e. The van der Waals surface area contributed by atoms with Crippen LogP contribution < -0.4 is 22.1 Å². The number of para-hydroxylation sites is 1. The minimum atomic E-state index is -0.464. The summed E-state index contributed by atoms with van der Waals surface area (Å²) in [5.74, 6) is 0. The van der Waals surface area contributed by atoms with Crippen molar-refractivity contribution in [1.29, 1.82) is 0 Å². The van der Waals surface area contributed by atoms with Crippen LogP contribution in [0.2, 0.25) is 0 Å². The summed E-state index contributed by atoms with van der Waals surface area (Å²) in [5, 5.41) is 3.51. The van der Waals surface area contributed by atoms with Crippen LogP contribution in [-0.4, -0.2) is 13.7 Å². The van der Waals surface area contributed by atoms with Gasteiger partial charge >= 0.3 is 5.69 Å². The molecule has 0 spiro atoms. The number of nitrogens with zero attached hydrogens (tertiary/aromatic N) is 3. The highest BCUT2D eigenvalue weighted by Gasteiger charge is 2.21. The van der Waals surface area contributed by atoms with Crippen molar-refractivity contribution >= 4 is 22.4 Å². The van der Waals surface area contributed by atoms with Gasteiger partial charge in [0.1, 0.15) is 11.0 Å². The summed E-state index contributed by atoms with van der Waals surface area (Å²) in [4.78, 5) is 39.8. The van der Waals surface area contributed by atoms with Gasteiger partial charge in [0.15, 0.2) is 0 Å². The molecule has 2 aromatic heterocycles. The Morgan fingerprint density at radius 1 is 0.938 bits per heavy atom. The summed E-state index contributed by atoms with van der Waals surface area (Å²) >= 11 is 0. The van der Waals surface area contributed by atoms with Gasteiger partial charge in [0, 0.05) is 25.3 Å². The van der Waals surface area contributed by atoms with Crippen molar-refractivity contribution in [2.45, 2.75) is 33.7 Å². The highest BCUT2D eigenvalue weighted by molar-refractivity contribution is 5.91. The number of aromatic nitrogens is 3. The standard InChI is InChI=1S/C25H26N4O3/c1-5-17-9-7-8-10-20(17)29-23-22(24(31)28(6-2)25(29)32)19(15-21(30)27(23)4)26-18-13-11-16(3)12-14-18/h7-15,26H,5-6H2,1-4H3. The lowest BCUT2D eigenvalue weighted by Gasteiger charge is -2.20. The molecule has 2 heterocycles. The fraction of sp³-hybridized carbons (Fsp3) is 0.240. The Hall–Kier alpha value is -3.87. The number of nitrogens with one attached hydrogen (secondary N) is 1. The van der Waals surface area contributed by atoms with E-state index in [9.17, 15) is 14.4 Å². The minimum absolute atomic E-state index is 0.217. The van der Waals surface area contributed by atoms with Crippen molar-refractivity contribution in [2.75, 3.05) is 5.32 Å². The van der Waals surface area contributed by atoms with E-state index < -0.39 is 11.2 Å². The van der Waals surface area contributed by atoms with Gasteiger partial charge in [0.25, 0.3) is 11.1 Å². The van der Waals surface area contributed by atoms with E-state index in [0.29, 0.717) is 23.2 Å². The van der Waals surface area contributed by atoms with Crippen molar-refractivity contribution in [3.63, 3.8) is 0 Å². The zero-order valence-electron chi connectivity index (χ0n) is 18.7. The van der Waals surface area contributed by atoms with Crippen LogP contribution in [0, 0.1) is 6.92 Å². The molecular weight excluding hydrogens is 404 g/mol. The summed E-state index contributed by atoms with van der Waals surface area (Å²) in [5.41, 5.74) is 2.90. The molecule has 0 bridgehead atoms. The van der Waals surface area contributed by atoms with Gasteiger partial charge in [-0.1, -0.05) is 42.8 Å². The second-order valence-corrected chi connectivity index (χ2v) is 7.79. The van der Waals surface area contributed by atoms with Crippen molar-refractivity contribution in [2.24, 2.45) is 7.05 Å². The number of aryl methyl sites for hydroxylation is 3. The predicted molar refractivity (Wildman–Crippen MR) is 129 cm³/mol. The van der Waals surface area contributed by atoms with Gasteiger partial charge in [-0.3, -0.25) is 18.7 Å². The van der Waals surface area contributed by atoms with E-state index in [1.807, 2.05) is 62.4 Å². The maximum Gasteiger partial charge on any atom is 0.337 e. The van der Waals surface area contributed by atoms with Crippen LogP contribution in [0.4, 0.5) is 11.4 Å². The first-order valence-electron chi connectivity index (χ1n) is 10.7. The molecule has 0 aliphatic carbocycles. The Labute approximate surface area is 185 Å². The average molecular weight is 431 g/mol. The second-order valence-electron chi connectivity index (χ2n) is 7.79. The van der Waals surface area contributed by atoms with E-state index in [4.69, 9.17) is 0 Å². The zero-order chi connectivity index (χ0) is 23.0. The number of fused-ring (bicyclic) bond motifs is 1. The molecule has 1 N–H and O–H groups in total. The first kappa shape index (κ1) is 21.4. The third kappa shape index (κ3) is 3.45. The van der Waals surface area contributed by atoms with E-state index >= 15 is 0 Å². The molecule has 0 aliphatic rings. The Kier molecular flexibility index (Phi) is 5.57. The number of benzene rings is 2. The molecule has 2 aromatic carbocycles. The molecule has 0 unspecified atom stereocenters. The van der Waals surface area contributed by atoms with Gasteiger partial charge in [-0.25, -0.2) is 9.36 Å². The van der Waals surface area contributed by atoms with E-state index in [0.717, 1.165) is 16.8 Å². The average Bonchev–Trinajstić information content (AvgIpc) is 2.79. The molecule has 7 heteroatoms. The first-order valence-corrected chi connectivity index (χ1v) is 10.7. The third-order valence-corrected chi connectivity index (χ3v) is 5.76. The van der Waals surface area contributed by atoms with Crippen molar-refractivity contribution in [3.05, 3.63) is 96.9 Å². The molecule has 0 aliphatic heterocycles. The molecule has 164 valence electrons. The largest absolute Gasteiger partial charge is 0.355 e. The maximum atomic E-state index is 13.5. The van der Waals surface area contributed by atoms with Crippen LogP contribution in [0.1, 0.15) is 25.0 Å². The van der Waals surface area contributed by atoms with Crippen LogP contribution in [-0.2, 0) is 20.0 Å². The molecule has 0 saturated heterocycles. The Morgan fingerprint density at radius 3 is 2.28 bits per heavy atom. The van der Waals surface area contributed by atoms with Crippen molar-refractivity contribution in [3.8, 4) is 5.69 Å². The molecule has 0 atom stereocenters. The Bertz CT molecular complexity index is 1490. The minimum Gasteiger partial charge on any atom is -0.355 e. The molecule has 0 radical (unpaired) electrons. The fourth-order valence-corrected chi connectivity index (χ4v) is 4.01. The van der Waals surface area contributed by atoms with Crippen LogP contribution in [0.5, 0.6) is 0 Å². The van der Waals surface area contributed by atoms with E-state index in [1.165, 1.54) is 19.8 Å². The summed E-state index contributed by atoms with van der Waals surface area (Å²) in [6.07, 6.45) is 0.699. The number of anilines is 2. The first-order chi connectivity index (χ1) is 15.4. The number of hydrogen-bond donors (Lipinski definition) is 1. The lowest BCUT2D eigenvalue weighted by Crippen LogP contribution is -2.41. The third-order valence-electron chi connectivity index (χ3n) is 5.76. The van der Waals surface area contributed by atoms with Gasteiger partial charge in [0.2, 0.25) is 0 Å². The number of hydrogen-bond acceptors (Lipinski definition) is 4. The fourth-order valence-electron chi connectivity index (χ4n) is 4.01. The molecule has 7 nitrogen and oxygen atoms in total. The van der Waals surface area contributed by atoms with Gasteiger partial charge in [0.05, 0.1) is 11.4 Å². The van der Waals surface area contributed by atoms with Gasteiger partial charge in [-0.05, 0) is 44.0 Å². The molecule has 0 fully saturated rings. The van der Waals surface area contributed by atoms with Crippen LogP contribution in [0.25, 0.3) is 16.7 Å². The molecule has 4 rings (SSSR count). The summed E-state index contributed by atoms with van der Waals surface area (Å²) < 4.78 is 4.06. The SMILES string of the molecule is CCc1ccccc1-n1c(=O)n(CC)c(=O)c2c(Nc3ccc(C)cc3)cc(=O)n(C)c21. The van der Waals surface area contributed by atoms with Crippen LogP contribution >= 0.6 is 0 Å². The monoisotopic (exact) mass is 430 g/mol. The Morgan fingerprint density at radius 2 is 1.62 bits per heavy atom. The van der Waals surface area contributed by atoms with Crippen LogP contribution in [0.3, 0.4) is 0 Å². The Balaban J connectivity index is 2.17. The normalized spacial score (nSPS) is 11.1. The zero-order valence-corrected chi connectivity index (χ0v) is 18.7. The van der Waals surface area contributed by atoms with E-state index in [2.05, 4.69) is 5.32 Å². The van der Waals surface area contributed by atoms with Gasteiger partial charge in [-0.15, -0.1) is 0 Å². The highest BCUT2D eigenvalue weighted by atomic mass is 16.2. The highest BCUT2D eigenvalue weighted by Crippen LogP contribution is 2.24. The molecule has 32 heavy (non-hydrogen) atoms. The molecule has 0 saturated carbocycles. The summed E-state index contributed by atoms with van der Waals surface area (Å²) in [6.45, 7) is 5.97. The van der Waals surface area contributed by atoms with E-state index in [1.54, 1.807) is 14.0 Å². The lowest BCUT2D eigenvalue weighted by molar-refractivity contribution is 0.651. The topological polar surface area (TPSA) is 78.0 Å². The van der Waals surface area contributed by atoms with Crippen molar-refractivity contribution < 1.29 is 0 Å². The molecule has 4 aromatic rings. The summed E-state index contributed by atoms with van der Waals surface area (Å²) in [6, 6.07) is 16.6. The second kappa shape index (κ2) is 8.34. The number of pyridine rings is 1. The molecule has 0 amide bonds.